The number of aliphatic hydroxyl groups is 2. The molecule has 0 unspecified atom stereocenters. The largest absolute Gasteiger partial charge is 0.462 e. The van der Waals surface area contributed by atoms with Gasteiger partial charge in [-0.2, -0.15) is 0 Å². The molecule has 0 aromatic heterocycles. The number of hydrogen-bond acceptors (Lipinski definition) is 8. The number of fused-ring (bicyclic) bond motifs is 1. The quantitative estimate of drug-likeness (QED) is 0.287. The van der Waals surface area contributed by atoms with Crippen molar-refractivity contribution < 1.29 is 38.8 Å². The summed E-state index contributed by atoms with van der Waals surface area (Å²) in [5.41, 5.74) is 1.80. The van der Waals surface area contributed by atoms with Crippen LogP contribution in [0.3, 0.4) is 0 Å². The maximum atomic E-state index is 12.7. The van der Waals surface area contributed by atoms with Crippen LogP contribution in [0, 0.1) is 5.92 Å². The zero-order chi connectivity index (χ0) is 22.3. The highest BCUT2D eigenvalue weighted by molar-refractivity contribution is 5.92. The van der Waals surface area contributed by atoms with Gasteiger partial charge in [-0.1, -0.05) is 18.2 Å². The summed E-state index contributed by atoms with van der Waals surface area (Å²) < 4.78 is 15.9. The number of carbonyl (C=O) groups is 3. The van der Waals surface area contributed by atoms with Crippen molar-refractivity contribution in [3.63, 3.8) is 0 Å². The van der Waals surface area contributed by atoms with Crippen molar-refractivity contribution in [2.24, 2.45) is 5.92 Å². The van der Waals surface area contributed by atoms with Gasteiger partial charge in [0.1, 0.15) is 18.8 Å². The van der Waals surface area contributed by atoms with Gasteiger partial charge in [0.05, 0.1) is 24.7 Å². The maximum absolute atomic E-state index is 12.7. The number of esters is 3. The van der Waals surface area contributed by atoms with Gasteiger partial charge in [0.15, 0.2) is 0 Å². The molecule has 1 aliphatic heterocycles. The zero-order valence-electron chi connectivity index (χ0n) is 17.3. The number of carbonyl (C=O) groups excluding carboxylic acids is 3. The van der Waals surface area contributed by atoms with E-state index in [0.717, 1.165) is 11.1 Å². The highest BCUT2D eigenvalue weighted by atomic mass is 16.6. The van der Waals surface area contributed by atoms with Crippen molar-refractivity contribution >= 4 is 17.9 Å². The fourth-order valence-electron chi connectivity index (χ4n) is 3.46. The van der Waals surface area contributed by atoms with Gasteiger partial charge in [0.2, 0.25) is 0 Å². The van der Waals surface area contributed by atoms with Crippen LogP contribution in [0.1, 0.15) is 33.1 Å². The Hall–Kier alpha value is -2.71. The van der Waals surface area contributed by atoms with Crippen molar-refractivity contribution in [3.05, 3.63) is 47.1 Å². The second-order valence-electron chi connectivity index (χ2n) is 7.33. The van der Waals surface area contributed by atoms with E-state index in [-0.39, 0.29) is 24.4 Å². The van der Waals surface area contributed by atoms with E-state index in [1.807, 2.05) is 13.0 Å². The normalized spacial score (nSPS) is 26.7. The van der Waals surface area contributed by atoms with E-state index in [4.69, 9.17) is 14.2 Å². The van der Waals surface area contributed by atoms with Crippen LogP contribution < -0.4 is 0 Å². The molecular formula is C22H28O8. The van der Waals surface area contributed by atoms with E-state index in [2.05, 4.69) is 6.58 Å². The molecule has 164 valence electrons. The smallest absolute Gasteiger partial charge is 0.336 e. The molecule has 1 aliphatic carbocycles. The third-order valence-corrected chi connectivity index (χ3v) is 5.05. The molecule has 2 rings (SSSR count). The minimum absolute atomic E-state index is 0.0611. The fraction of sp³-hybridized carbons (Fsp3) is 0.500. The Kier molecular flexibility index (Phi) is 8.56. The molecule has 8 nitrogen and oxygen atoms in total. The molecule has 0 radical (unpaired) electrons. The van der Waals surface area contributed by atoms with Crippen molar-refractivity contribution in [1.82, 2.24) is 0 Å². The van der Waals surface area contributed by atoms with Crippen LogP contribution in [-0.4, -0.2) is 60.1 Å². The lowest BCUT2D eigenvalue weighted by Crippen LogP contribution is -2.34. The van der Waals surface area contributed by atoms with Gasteiger partial charge in [0.25, 0.3) is 0 Å². The molecule has 1 saturated heterocycles. The molecule has 0 amide bonds. The van der Waals surface area contributed by atoms with Crippen LogP contribution >= 0.6 is 0 Å². The van der Waals surface area contributed by atoms with Crippen LogP contribution in [0.15, 0.2) is 47.1 Å². The summed E-state index contributed by atoms with van der Waals surface area (Å²) in [4.78, 5) is 35.7. The SMILES string of the molecule is C=C1C(=O)O[C@@H]2/C=C(\CO)CCC=C(C)C[C@H](OC(=O)/C(=C/COC(C)=O)CO)[C@@H]12. The minimum atomic E-state index is -0.781. The summed E-state index contributed by atoms with van der Waals surface area (Å²) in [7, 11) is 0. The summed E-state index contributed by atoms with van der Waals surface area (Å²) in [5.74, 6) is -2.50. The second-order valence-corrected chi connectivity index (χ2v) is 7.33. The van der Waals surface area contributed by atoms with Gasteiger partial charge >= 0.3 is 17.9 Å². The molecular weight excluding hydrogens is 392 g/mol. The zero-order valence-corrected chi connectivity index (χ0v) is 17.3. The van der Waals surface area contributed by atoms with Crippen LogP contribution in [0.25, 0.3) is 0 Å². The molecule has 0 aromatic carbocycles. The number of rotatable bonds is 6. The van der Waals surface area contributed by atoms with Gasteiger partial charge in [-0.25, -0.2) is 9.59 Å². The summed E-state index contributed by atoms with van der Waals surface area (Å²) in [6.07, 6.45) is 5.16. The molecule has 8 heteroatoms. The number of allylic oxidation sites excluding steroid dienone is 1. The third kappa shape index (κ3) is 6.14. The minimum Gasteiger partial charge on any atom is -0.462 e. The Bertz CT molecular complexity index is 789. The van der Waals surface area contributed by atoms with Crippen molar-refractivity contribution in [1.29, 1.82) is 0 Å². The third-order valence-electron chi connectivity index (χ3n) is 5.05. The molecule has 30 heavy (non-hydrogen) atoms. The van der Waals surface area contributed by atoms with Gasteiger partial charge in [-0.15, -0.1) is 0 Å². The van der Waals surface area contributed by atoms with E-state index in [9.17, 15) is 24.6 Å². The van der Waals surface area contributed by atoms with E-state index < -0.39 is 42.6 Å². The lowest BCUT2D eigenvalue weighted by molar-refractivity contribution is -0.148. The molecule has 0 bridgehead atoms. The average Bonchev–Trinajstić information content (AvgIpc) is 2.96. The molecule has 0 aromatic rings. The summed E-state index contributed by atoms with van der Waals surface area (Å²) in [6.45, 7) is 6.00. The molecule has 1 fully saturated rings. The van der Waals surface area contributed by atoms with E-state index in [1.54, 1.807) is 6.08 Å². The fourth-order valence-corrected chi connectivity index (χ4v) is 3.46. The first kappa shape index (κ1) is 23.6. The van der Waals surface area contributed by atoms with Gasteiger partial charge in [0, 0.05) is 18.9 Å². The standard InChI is InChI=1S/C22H28O8/c1-13-5-4-6-16(11-23)10-19-20(14(2)21(26)29-19)18(9-13)30-22(27)17(12-24)7-8-28-15(3)25/h5,7,10,18-20,23-24H,2,4,6,8-9,11-12H2,1,3H3/b13-5?,16-10-,17-7+/t18-,19+,20+/m0/s1. The Morgan fingerprint density at radius 1 is 1.37 bits per heavy atom. The number of aliphatic hydroxyl groups excluding tert-OH is 2. The van der Waals surface area contributed by atoms with Gasteiger partial charge in [-0.05, 0) is 37.5 Å². The average molecular weight is 420 g/mol. The van der Waals surface area contributed by atoms with Crippen LogP contribution in [0.5, 0.6) is 0 Å². The van der Waals surface area contributed by atoms with Crippen molar-refractivity contribution in [2.75, 3.05) is 19.8 Å². The molecule has 2 N–H and O–H groups in total. The second kappa shape index (κ2) is 10.9. The molecule has 0 spiro atoms. The topological polar surface area (TPSA) is 119 Å². The Balaban J connectivity index is 2.31. The highest BCUT2D eigenvalue weighted by Crippen LogP contribution is 2.36. The Morgan fingerprint density at radius 3 is 2.73 bits per heavy atom. The molecule has 1 heterocycles. The molecule has 2 aliphatic rings. The lowest BCUT2D eigenvalue weighted by Gasteiger charge is -2.27. The lowest BCUT2D eigenvalue weighted by atomic mass is 9.85. The van der Waals surface area contributed by atoms with E-state index >= 15 is 0 Å². The van der Waals surface area contributed by atoms with Crippen LogP contribution in [0.2, 0.25) is 0 Å². The first-order chi connectivity index (χ1) is 14.3. The molecule has 3 atom stereocenters. The summed E-state index contributed by atoms with van der Waals surface area (Å²) in [6, 6.07) is 0. The molecule has 0 saturated carbocycles. The highest BCUT2D eigenvalue weighted by Gasteiger charge is 2.44. The predicted molar refractivity (Wildman–Crippen MR) is 107 cm³/mol. The maximum Gasteiger partial charge on any atom is 0.336 e. The van der Waals surface area contributed by atoms with Crippen LogP contribution in [-0.2, 0) is 28.6 Å². The predicted octanol–water partition coefficient (Wildman–Crippen LogP) is 1.53. The summed E-state index contributed by atoms with van der Waals surface area (Å²) >= 11 is 0. The van der Waals surface area contributed by atoms with Gasteiger partial charge in [-0.3, -0.25) is 4.79 Å². The van der Waals surface area contributed by atoms with Crippen molar-refractivity contribution in [2.45, 2.75) is 45.3 Å². The number of hydrogen-bond donors (Lipinski definition) is 2. The monoisotopic (exact) mass is 420 g/mol. The van der Waals surface area contributed by atoms with Gasteiger partial charge < -0.3 is 24.4 Å². The first-order valence-corrected chi connectivity index (χ1v) is 9.76. The summed E-state index contributed by atoms with van der Waals surface area (Å²) in [5, 5.41) is 19.1. The Morgan fingerprint density at radius 2 is 2.10 bits per heavy atom. The van der Waals surface area contributed by atoms with Crippen LogP contribution in [0.4, 0.5) is 0 Å². The first-order valence-electron chi connectivity index (χ1n) is 9.76. The number of ether oxygens (including phenoxy) is 3. The van der Waals surface area contributed by atoms with E-state index in [1.165, 1.54) is 13.0 Å². The van der Waals surface area contributed by atoms with E-state index in [0.29, 0.717) is 19.3 Å². The van der Waals surface area contributed by atoms with Crippen molar-refractivity contribution in [3.8, 4) is 0 Å². The Labute approximate surface area is 175 Å².